The van der Waals surface area contributed by atoms with Gasteiger partial charge in [0, 0.05) is 0 Å². The van der Waals surface area contributed by atoms with Crippen LogP contribution in [0.1, 0.15) is 6.42 Å². The first kappa shape index (κ1) is 8.85. The molecule has 2 N–H and O–H groups in total. The summed E-state index contributed by atoms with van der Waals surface area (Å²) in [6.07, 6.45) is 1.33. The third-order valence-electron chi connectivity index (χ3n) is 0.841. The molecule has 0 heterocycles. The van der Waals surface area contributed by atoms with Gasteiger partial charge in [-0.15, -0.1) is 6.58 Å². The molecule has 0 aromatic heterocycles. The number of halogens is 3. The molecule has 1 nitrogen and oxygen atoms in total. The first-order valence-corrected chi connectivity index (χ1v) is 2.79. The summed E-state index contributed by atoms with van der Waals surface area (Å²) in [4.78, 5) is 0. The lowest BCUT2D eigenvalue weighted by Crippen LogP contribution is -2.35. The lowest BCUT2D eigenvalue weighted by molar-refractivity contribution is 0.0668. The summed E-state index contributed by atoms with van der Waals surface area (Å²) in [6.45, 7) is 3.24. The van der Waals surface area contributed by atoms with E-state index < -0.39 is 11.4 Å². The molecule has 0 bridgehead atoms. The Kier molecular flexibility index (Phi) is 3.08. The minimum atomic E-state index is -3.31. The summed E-state index contributed by atoms with van der Waals surface area (Å²) in [5.74, 6) is 0. The predicted octanol–water partition coefficient (Wildman–Crippen LogP) is 1.72. The Morgan fingerprint density at radius 3 is 2.33 bits per heavy atom. The van der Waals surface area contributed by atoms with Crippen molar-refractivity contribution in [2.75, 3.05) is 0 Å². The van der Waals surface area contributed by atoms with Crippen LogP contribution in [0.3, 0.4) is 0 Å². The van der Waals surface area contributed by atoms with E-state index >= 15 is 0 Å². The zero-order chi connectivity index (χ0) is 7.49. The molecule has 0 aliphatic heterocycles. The monoisotopic (exact) mass is 155 g/mol. The Bertz CT molecular complexity index is 99.6. The van der Waals surface area contributed by atoms with E-state index in [0.29, 0.717) is 0 Å². The summed E-state index contributed by atoms with van der Waals surface area (Å²) >= 11 is 4.56. The Hall–Kier alpha value is -0.150. The van der Waals surface area contributed by atoms with Gasteiger partial charge in [-0.25, -0.2) is 0 Å². The zero-order valence-electron chi connectivity index (χ0n) is 4.78. The van der Waals surface area contributed by atoms with Gasteiger partial charge in [0.15, 0.2) is 0 Å². The lowest BCUT2D eigenvalue weighted by atomic mass is 10.2. The summed E-state index contributed by atoms with van der Waals surface area (Å²) in [5.41, 5.74) is 4.91. The Morgan fingerprint density at radius 2 is 2.22 bits per heavy atom. The van der Waals surface area contributed by atoms with Crippen LogP contribution < -0.4 is 5.73 Å². The predicted molar refractivity (Wildman–Crippen MR) is 33.6 cm³/mol. The Morgan fingerprint density at radius 1 is 1.78 bits per heavy atom. The van der Waals surface area contributed by atoms with Crippen molar-refractivity contribution in [2.24, 2.45) is 5.73 Å². The minimum Gasteiger partial charge on any atom is -0.321 e. The van der Waals surface area contributed by atoms with Crippen molar-refractivity contribution in [1.82, 2.24) is 0 Å². The number of rotatable bonds is 3. The molecule has 54 valence electrons. The van der Waals surface area contributed by atoms with Gasteiger partial charge in [-0.3, -0.25) is 0 Å². The van der Waals surface area contributed by atoms with Crippen LogP contribution in [0.4, 0.5) is 8.78 Å². The van der Waals surface area contributed by atoms with E-state index in [1.54, 1.807) is 0 Å². The molecular formula is C5H8ClF2N. The topological polar surface area (TPSA) is 26.0 Å². The van der Waals surface area contributed by atoms with Gasteiger partial charge >= 0.3 is 5.38 Å². The van der Waals surface area contributed by atoms with Gasteiger partial charge in [0.1, 0.15) is 0 Å². The molecule has 0 saturated heterocycles. The molecule has 1 atom stereocenters. The smallest absolute Gasteiger partial charge is 0.321 e. The molecule has 0 spiro atoms. The van der Waals surface area contributed by atoms with Crippen LogP contribution in [0.25, 0.3) is 0 Å². The average Bonchev–Trinajstić information content (AvgIpc) is 1.64. The summed E-state index contributed by atoms with van der Waals surface area (Å²) in [5, 5.41) is -3.31. The highest BCUT2D eigenvalue weighted by Gasteiger charge is 2.32. The average molecular weight is 156 g/mol. The van der Waals surface area contributed by atoms with E-state index in [2.05, 4.69) is 18.2 Å². The second-order valence-corrected chi connectivity index (χ2v) is 2.18. The Balaban J connectivity index is 3.72. The third kappa shape index (κ3) is 3.43. The summed E-state index contributed by atoms with van der Waals surface area (Å²) in [6, 6.07) is -1.32. The zero-order valence-corrected chi connectivity index (χ0v) is 5.54. The van der Waals surface area contributed by atoms with Gasteiger partial charge < -0.3 is 5.73 Å². The fraction of sp³-hybridized carbons (Fsp3) is 0.600. The first-order chi connectivity index (χ1) is 3.98. The van der Waals surface area contributed by atoms with Gasteiger partial charge in [0.05, 0.1) is 6.04 Å². The van der Waals surface area contributed by atoms with Gasteiger partial charge in [-0.05, 0) is 18.0 Å². The molecule has 0 aliphatic carbocycles. The Labute approximate surface area is 57.5 Å². The highest BCUT2D eigenvalue weighted by molar-refractivity contribution is 6.22. The van der Waals surface area contributed by atoms with Crippen molar-refractivity contribution in [3.8, 4) is 0 Å². The van der Waals surface area contributed by atoms with Crippen molar-refractivity contribution in [1.29, 1.82) is 0 Å². The van der Waals surface area contributed by atoms with E-state index in [9.17, 15) is 8.78 Å². The molecule has 0 saturated carbocycles. The SMILES string of the molecule is C=CCC(N)C(F)(F)Cl. The molecule has 9 heavy (non-hydrogen) atoms. The van der Waals surface area contributed by atoms with Crippen LogP contribution in [-0.2, 0) is 0 Å². The standard InChI is InChI=1S/C5H8ClF2N/c1-2-3-4(9)5(6,7)8/h2,4H,1,3,9H2. The highest BCUT2D eigenvalue weighted by atomic mass is 35.5. The van der Waals surface area contributed by atoms with Crippen LogP contribution in [0, 0.1) is 0 Å². The molecule has 0 rings (SSSR count). The molecule has 4 heteroatoms. The number of nitrogens with two attached hydrogens (primary N) is 1. The van der Waals surface area contributed by atoms with Crippen LogP contribution >= 0.6 is 11.6 Å². The minimum absolute atomic E-state index is 0.0243. The first-order valence-electron chi connectivity index (χ1n) is 2.41. The van der Waals surface area contributed by atoms with Crippen LogP contribution in [-0.4, -0.2) is 11.4 Å². The van der Waals surface area contributed by atoms with Crippen LogP contribution in [0.2, 0.25) is 0 Å². The number of hydrogen-bond acceptors (Lipinski definition) is 1. The second-order valence-electron chi connectivity index (χ2n) is 1.67. The summed E-state index contributed by atoms with van der Waals surface area (Å²) in [7, 11) is 0. The normalized spacial score (nSPS) is 15.1. The fourth-order valence-electron chi connectivity index (χ4n) is 0.313. The maximum atomic E-state index is 11.9. The molecule has 0 fully saturated rings. The van der Waals surface area contributed by atoms with Crippen molar-refractivity contribution < 1.29 is 8.78 Å². The van der Waals surface area contributed by atoms with E-state index in [4.69, 9.17) is 5.73 Å². The van der Waals surface area contributed by atoms with Gasteiger partial charge in [0.25, 0.3) is 0 Å². The van der Waals surface area contributed by atoms with Crippen LogP contribution in [0.5, 0.6) is 0 Å². The van der Waals surface area contributed by atoms with E-state index in [1.807, 2.05) is 0 Å². The highest BCUT2D eigenvalue weighted by Crippen LogP contribution is 2.23. The molecule has 0 radical (unpaired) electrons. The molecule has 0 aliphatic rings. The van der Waals surface area contributed by atoms with E-state index in [0.717, 1.165) is 0 Å². The maximum Gasteiger partial charge on any atom is 0.336 e. The molecule has 1 unspecified atom stereocenters. The summed E-state index contributed by atoms with van der Waals surface area (Å²) < 4.78 is 23.8. The molecule has 0 aromatic rings. The maximum absolute atomic E-state index is 11.9. The van der Waals surface area contributed by atoms with Crippen molar-refractivity contribution in [3.05, 3.63) is 12.7 Å². The van der Waals surface area contributed by atoms with E-state index in [-0.39, 0.29) is 6.42 Å². The quantitative estimate of drug-likeness (QED) is 0.488. The number of hydrogen-bond donors (Lipinski definition) is 1. The van der Waals surface area contributed by atoms with Crippen molar-refractivity contribution >= 4 is 11.6 Å². The fourth-order valence-corrected chi connectivity index (χ4v) is 0.402. The third-order valence-corrected chi connectivity index (χ3v) is 1.12. The van der Waals surface area contributed by atoms with Gasteiger partial charge in [-0.2, -0.15) is 8.78 Å². The number of alkyl halides is 3. The second kappa shape index (κ2) is 3.13. The molecule has 0 aromatic carbocycles. The molecule has 0 amide bonds. The molecular weight excluding hydrogens is 148 g/mol. The van der Waals surface area contributed by atoms with Crippen LogP contribution in [0.15, 0.2) is 12.7 Å². The van der Waals surface area contributed by atoms with Gasteiger partial charge in [-0.1, -0.05) is 6.08 Å². The van der Waals surface area contributed by atoms with E-state index in [1.165, 1.54) is 6.08 Å². The van der Waals surface area contributed by atoms with Crippen molar-refractivity contribution in [3.63, 3.8) is 0 Å². The van der Waals surface area contributed by atoms with Crippen molar-refractivity contribution in [2.45, 2.75) is 17.8 Å². The lowest BCUT2D eigenvalue weighted by Gasteiger charge is -2.13. The largest absolute Gasteiger partial charge is 0.336 e. The van der Waals surface area contributed by atoms with Gasteiger partial charge in [0.2, 0.25) is 0 Å².